The van der Waals surface area contributed by atoms with Gasteiger partial charge in [-0.1, -0.05) is 12.1 Å². The summed E-state index contributed by atoms with van der Waals surface area (Å²) in [5.41, 5.74) is 0.944. The van der Waals surface area contributed by atoms with Crippen LogP contribution in [0.15, 0.2) is 0 Å². The molecule has 0 fully saturated rings. The zero-order valence-electron chi connectivity index (χ0n) is 9.90. The molecule has 16 heavy (non-hydrogen) atoms. The number of carboxylic acids is 1. The molecule has 0 aromatic carbocycles. The standard InChI is InChI=1S/C11H17N3O2/c1-7-4-5-9-8(6-7)12-13-14(9)11(2,3)10(15)16/h7H,4-6H2,1-3H3,(H,15,16). The Bertz CT molecular complexity index is 423. The fourth-order valence-electron chi connectivity index (χ4n) is 2.10. The third-order valence-electron chi connectivity index (χ3n) is 3.31. The molecular formula is C11H17N3O2. The predicted octanol–water partition coefficient (Wildman–Crippen LogP) is 1.22. The second-order valence-electron chi connectivity index (χ2n) is 5.11. The molecule has 1 heterocycles. The lowest BCUT2D eigenvalue weighted by Gasteiger charge is -2.24. The van der Waals surface area contributed by atoms with Gasteiger partial charge in [-0.2, -0.15) is 0 Å². The van der Waals surface area contributed by atoms with Crippen molar-refractivity contribution in [1.82, 2.24) is 15.0 Å². The van der Waals surface area contributed by atoms with Crippen molar-refractivity contribution in [3.05, 3.63) is 11.4 Å². The van der Waals surface area contributed by atoms with Crippen molar-refractivity contribution in [2.45, 2.75) is 45.6 Å². The molecule has 1 aromatic rings. The van der Waals surface area contributed by atoms with E-state index in [-0.39, 0.29) is 0 Å². The van der Waals surface area contributed by atoms with Crippen molar-refractivity contribution in [2.75, 3.05) is 0 Å². The molecule has 0 bridgehead atoms. The number of nitrogens with zero attached hydrogens (tertiary/aromatic N) is 3. The van der Waals surface area contributed by atoms with E-state index in [4.69, 9.17) is 0 Å². The first-order chi connectivity index (χ1) is 7.43. The van der Waals surface area contributed by atoms with Crippen LogP contribution in [-0.2, 0) is 23.2 Å². The molecule has 88 valence electrons. The number of aromatic nitrogens is 3. The van der Waals surface area contributed by atoms with E-state index >= 15 is 0 Å². The highest BCUT2D eigenvalue weighted by Crippen LogP contribution is 2.27. The molecule has 0 aliphatic heterocycles. The van der Waals surface area contributed by atoms with Crippen LogP contribution >= 0.6 is 0 Å². The molecule has 5 nitrogen and oxygen atoms in total. The molecule has 0 saturated heterocycles. The Morgan fingerprint density at radius 3 is 2.88 bits per heavy atom. The molecule has 0 radical (unpaired) electrons. The van der Waals surface area contributed by atoms with E-state index in [1.54, 1.807) is 18.5 Å². The van der Waals surface area contributed by atoms with E-state index in [1.165, 1.54) is 0 Å². The normalized spacial score (nSPS) is 20.6. The summed E-state index contributed by atoms with van der Waals surface area (Å²) in [7, 11) is 0. The molecule has 0 amide bonds. The molecule has 1 aliphatic carbocycles. The summed E-state index contributed by atoms with van der Waals surface area (Å²) < 4.78 is 1.57. The second kappa shape index (κ2) is 3.57. The third-order valence-corrected chi connectivity index (χ3v) is 3.31. The molecule has 1 aromatic heterocycles. The summed E-state index contributed by atoms with van der Waals surface area (Å²) in [6.45, 7) is 5.49. The van der Waals surface area contributed by atoms with Crippen LogP contribution in [-0.4, -0.2) is 26.1 Å². The highest BCUT2D eigenvalue weighted by atomic mass is 16.4. The number of hydrogen-bond acceptors (Lipinski definition) is 3. The number of fused-ring (bicyclic) bond motifs is 1. The van der Waals surface area contributed by atoms with Crippen molar-refractivity contribution >= 4 is 5.97 Å². The number of hydrogen-bond donors (Lipinski definition) is 1. The van der Waals surface area contributed by atoms with Crippen LogP contribution in [0.25, 0.3) is 0 Å². The van der Waals surface area contributed by atoms with Gasteiger partial charge in [-0.05, 0) is 39.0 Å². The maximum atomic E-state index is 11.2. The van der Waals surface area contributed by atoms with Gasteiger partial charge in [0.2, 0.25) is 0 Å². The minimum atomic E-state index is -1.01. The Morgan fingerprint density at radius 1 is 1.56 bits per heavy atom. The Morgan fingerprint density at radius 2 is 2.25 bits per heavy atom. The Kier molecular flexibility index (Phi) is 2.48. The zero-order valence-corrected chi connectivity index (χ0v) is 9.90. The number of rotatable bonds is 2. The SMILES string of the molecule is CC1CCc2c(nnn2C(C)(C)C(=O)O)C1. The quantitative estimate of drug-likeness (QED) is 0.818. The van der Waals surface area contributed by atoms with E-state index in [0.29, 0.717) is 5.92 Å². The van der Waals surface area contributed by atoms with E-state index in [9.17, 15) is 9.90 Å². The van der Waals surface area contributed by atoms with Gasteiger partial charge in [0.1, 0.15) is 0 Å². The first kappa shape index (κ1) is 11.1. The maximum absolute atomic E-state index is 11.2. The van der Waals surface area contributed by atoms with Crippen LogP contribution in [0.4, 0.5) is 0 Å². The largest absolute Gasteiger partial charge is 0.479 e. The van der Waals surface area contributed by atoms with Crippen molar-refractivity contribution in [3.8, 4) is 0 Å². The summed E-state index contributed by atoms with van der Waals surface area (Å²) >= 11 is 0. The minimum Gasteiger partial charge on any atom is -0.479 e. The van der Waals surface area contributed by atoms with Gasteiger partial charge >= 0.3 is 5.97 Å². The van der Waals surface area contributed by atoms with Gasteiger partial charge in [-0.3, -0.25) is 0 Å². The van der Waals surface area contributed by atoms with Crippen molar-refractivity contribution in [1.29, 1.82) is 0 Å². The summed E-state index contributed by atoms with van der Waals surface area (Å²) in [4.78, 5) is 11.2. The van der Waals surface area contributed by atoms with Crippen molar-refractivity contribution in [2.24, 2.45) is 5.92 Å². The summed E-state index contributed by atoms with van der Waals surface area (Å²) in [5.74, 6) is -0.260. The minimum absolute atomic E-state index is 0.616. The molecule has 5 heteroatoms. The van der Waals surface area contributed by atoms with Gasteiger partial charge in [0.15, 0.2) is 5.54 Å². The molecule has 1 aliphatic rings. The monoisotopic (exact) mass is 223 g/mol. The molecule has 0 saturated carbocycles. The van der Waals surface area contributed by atoms with Crippen molar-refractivity contribution in [3.63, 3.8) is 0 Å². The molecule has 2 rings (SSSR count). The van der Waals surface area contributed by atoms with Crippen LogP contribution in [0.1, 0.15) is 38.6 Å². The molecule has 1 atom stereocenters. The molecule has 1 unspecified atom stereocenters. The average molecular weight is 223 g/mol. The molecule has 1 N–H and O–H groups in total. The third kappa shape index (κ3) is 1.60. The van der Waals surface area contributed by atoms with Crippen molar-refractivity contribution < 1.29 is 9.90 Å². The van der Waals surface area contributed by atoms with E-state index in [1.807, 2.05) is 0 Å². The van der Waals surface area contributed by atoms with E-state index < -0.39 is 11.5 Å². The number of aliphatic carboxylic acids is 1. The molecule has 0 spiro atoms. The summed E-state index contributed by atoms with van der Waals surface area (Å²) in [6.07, 6.45) is 2.86. The van der Waals surface area contributed by atoms with Gasteiger partial charge in [-0.15, -0.1) is 5.10 Å². The lowest BCUT2D eigenvalue weighted by atomic mass is 9.90. The topological polar surface area (TPSA) is 68.0 Å². The predicted molar refractivity (Wildman–Crippen MR) is 58.2 cm³/mol. The maximum Gasteiger partial charge on any atom is 0.331 e. The van der Waals surface area contributed by atoms with Crippen LogP contribution in [0.2, 0.25) is 0 Å². The van der Waals surface area contributed by atoms with Crippen LogP contribution in [0, 0.1) is 5.92 Å². The highest BCUT2D eigenvalue weighted by molar-refractivity contribution is 5.75. The van der Waals surface area contributed by atoms with Gasteiger partial charge in [0.05, 0.1) is 11.4 Å². The average Bonchev–Trinajstić information content (AvgIpc) is 2.60. The fourth-order valence-corrected chi connectivity index (χ4v) is 2.10. The van der Waals surface area contributed by atoms with E-state index in [2.05, 4.69) is 17.2 Å². The zero-order chi connectivity index (χ0) is 11.9. The highest BCUT2D eigenvalue weighted by Gasteiger charge is 2.35. The van der Waals surface area contributed by atoms with Gasteiger partial charge in [0, 0.05) is 0 Å². The van der Waals surface area contributed by atoms with Gasteiger partial charge < -0.3 is 5.11 Å². The van der Waals surface area contributed by atoms with Gasteiger partial charge in [-0.25, -0.2) is 9.48 Å². The Labute approximate surface area is 94.5 Å². The smallest absolute Gasteiger partial charge is 0.331 e. The summed E-state index contributed by atoms with van der Waals surface area (Å²) in [6, 6.07) is 0. The number of carboxylic acid groups (broad SMARTS) is 1. The lowest BCUT2D eigenvalue weighted by molar-refractivity contribution is -0.146. The van der Waals surface area contributed by atoms with Gasteiger partial charge in [0.25, 0.3) is 0 Å². The second-order valence-corrected chi connectivity index (χ2v) is 5.11. The first-order valence-corrected chi connectivity index (χ1v) is 5.60. The van der Waals surface area contributed by atoms with E-state index in [0.717, 1.165) is 30.7 Å². The van der Waals surface area contributed by atoms with Crippen LogP contribution in [0.3, 0.4) is 0 Å². The van der Waals surface area contributed by atoms with Crippen LogP contribution in [0.5, 0.6) is 0 Å². The summed E-state index contributed by atoms with van der Waals surface area (Å²) in [5, 5.41) is 17.3. The Hall–Kier alpha value is -1.39. The van der Waals surface area contributed by atoms with Crippen LogP contribution < -0.4 is 0 Å². The first-order valence-electron chi connectivity index (χ1n) is 5.60. The Balaban J connectivity index is 2.41. The number of carbonyl (C=O) groups is 1. The fraction of sp³-hybridized carbons (Fsp3) is 0.727. The lowest BCUT2D eigenvalue weighted by Crippen LogP contribution is -2.38. The molecular weight excluding hydrogens is 206 g/mol.